The minimum absolute atomic E-state index is 0.00129. The normalized spacial score (nSPS) is 27.8. The summed E-state index contributed by atoms with van der Waals surface area (Å²) in [5.74, 6) is 0. The number of aliphatic hydroxyl groups is 3. The molecule has 10 heteroatoms. The molecule has 5 rings (SSSR count). The average Bonchev–Trinajstić information content (AvgIpc) is 3.37. The maximum atomic E-state index is 13.1. The van der Waals surface area contributed by atoms with Gasteiger partial charge in [-0.05, 0) is 23.5 Å². The van der Waals surface area contributed by atoms with Crippen LogP contribution in [0.2, 0.25) is 0 Å². The summed E-state index contributed by atoms with van der Waals surface area (Å²) < 4.78 is 10.3. The molecule has 3 aromatic rings. The number of hydrogen-bond donors (Lipinski definition) is 3. The molecule has 0 bridgehead atoms. The Morgan fingerprint density at radius 2 is 2.07 bits per heavy atom. The van der Waals surface area contributed by atoms with Gasteiger partial charge < -0.3 is 20.1 Å². The van der Waals surface area contributed by atoms with Crippen molar-refractivity contribution < 1.29 is 20.1 Å². The number of benzene rings is 1. The van der Waals surface area contributed by atoms with Crippen LogP contribution in [0.5, 0.6) is 0 Å². The lowest BCUT2D eigenvalue weighted by molar-refractivity contribution is -0.0594. The van der Waals surface area contributed by atoms with Crippen molar-refractivity contribution in [2.75, 3.05) is 6.61 Å². The molecule has 160 valence electrons. The first kappa shape index (κ1) is 19.4. The van der Waals surface area contributed by atoms with Crippen LogP contribution in [0, 0.1) is 0 Å². The first-order valence-electron chi connectivity index (χ1n) is 10.1. The van der Waals surface area contributed by atoms with Gasteiger partial charge in [-0.25, -0.2) is 9.48 Å². The Balaban J connectivity index is 1.50. The molecule has 10 nitrogen and oxygen atoms in total. The van der Waals surface area contributed by atoms with E-state index in [9.17, 15) is 20.1 Å². The minimum atomic E-state index is -1.24. The van der Waals surface area contributed by atoms with E-state index in [1.165, 1.54) is 4.68 Å². The Hall–Kier alpha value is -2.53. The number of nitrogens with zero attached hydrogens (tertiary/aromatic N) is 5. The van der Waals surface area contributed by atoms with Crippen LogP contribution in [0.15, 0.2) is 29.2 Å². The van der Waals surface area contributed by atoms with Crippen LogP contribution >= 0.6 is 0 Å². The molecular weight excluding hydrogens is 390 g/mol. The van der Waals surface area contributed by atoms with Gasteiger partial charge >= 0.3 is 5.69 Å². The smallest absolute Gasteiger partial charge is 0.329 e. The summed E-state index contributed by atoms with van der Waals surface area (Å²) in [6.45, 7) is 4.87. The molecule has 1 saturated heterocycles. The van der Waals surface area contributed by atoms with Crippen molar-refractivity contribution in [2.45, 2.75) is 63.3 Å². The molecule has 0 spiro atoms. The molecule has 4 heterocycles. The van der Waals surface area contributed by atoms with E-state index in [2.05, 4.69) is 30.2 Å². The first-order valence-corrected chi connectivity index (χ1v) is 10.1. The summed E-state index contributed by atoms with van der Waals surface area (Å²) in [7, 11) is 0. The van der Waals surface area contributed by atoms with E-state index < -0.39 is 31.1 Å². The van der Waals surface area contributed by atoms with Gasteiger partial charge in [-0.1, -0.05) is 31.2 Å². The lowest BCUT2D eigenvalue weighted by Gasteiger charge is -2.30. The molecule has 2 aromatic heterocycles. The molecule has 4 atom stereocenters. The average molecular weight is 415 g/mol. The van der Waals surface area contributed by atoms with Crippen LogP contribution in [0.1, 0.15) is 37.8 Å². The lowest BCUT2D eigenvalue weighted by atomic mass is 9.79. The van der Waals surface area contributed by atoms with Crippen molar-refractivity contribution in [3.05, 3.63) is 46.1 Å². The molecule has 2 aliphatic rings. The Morgan fingerprint density at radius 1 is 1.27 bits per heavy atom. The van der Waals surface area contributed by atoms with Crippen molar-refractivity contribution in [3.63, 3.8) is 0 Å². The van der Waals surface area contributed by atoms with E-state index in [-0.39, 0.29) is 17.6 Å². The SMILES string of the molecule is CC1(C)CCn2c(=O)n(Cc3cn([C@@H]4O[C@H](CO)[C@@H](O)[C@H]4O)nn3)c3cccc1c32. The van der Waals surface area contributed by atoms with Crippen LogP contribution in [0.4, 0.5) is 0 Å². The summed E-state index contributed by atoms with van der Waals surface area (Å²) in [5, 5.41) is 37.5. The second kappa shape index (κ2) is 6.74. The highest BCUT2D eigenvalue weighted by atomic mass is 16.6. The number of ether oxygens (including phenoxy) is 1. The predicted molar refractivity (Wildman–Crippen MR) is 106 cm³/mol. The van der Waals surface area contributed by atoms with Gasteiger partial charge in [0.2, 0.25) is 0 Å². The van der Waals surface area contributed by atoms with Gasteiger partial charge in [0.1, 0.15) is 24.0 Å². The Labute approximate surface area is 171 Å². The van der Waals surface area contributed by atoms with E-state index in [0.717, 1.165) is 23.0 Å². The van der Waals surface area contributed by atoms with E-state index >= 15 is 0 Å². The fourth-order valence-corrected chi connectivity index (χ4v) is 4.58. The van der Waals surface area contributed by atoms with Crippen LogP contribution < -0.4 is 5.69 Å². The second-order valence-electron chi connectivity index (χ2n) is 8.75. The Bertz CT molecular complexity index is 1160. The Morgan fingerprint density at radius 3 is 2.80 bits per heavy atom. The lowest BCUT2D eigenvalue weighted by Crippen LogP contribution is -2.33. The van der Waals surface area contributed by atoms with Crippen LogP contribution in [0.3, 0.4) is 0 Å². The maximum absolute atomic E-state index is 13.1. The highest BCUT2D eigenvalue weighted by molar-refractivity contribution is 5.81. The van der Waals surface area contributed by atoms with Crippen molar-refractivity contribution >= 4 is 11.0 Å². The third-order valence-corrected chi connectivity index (χ3v) is 6.38. The molecule has 30 heavy (non-hydrogen) atoms. The fourth-order valence-electron chi connectivity index (χ4n) is 4.58. The van der Waals surface area contributed by atoms with Gasteiger partial charge in [-0.3, -0.25) is 9.13 Å². The van der Waals surface area contributed by atoms with Crippen molar-refractivity contribution in [1.29, 1.82) is 0 Å². The number of rotatable bonds is 4. The number of aromatic nitrogens is 5. The zero-order valence-corrected chi connectivity index (χ0v) is 16.8. The third-order valence-electron chi connectivity index (χ3n) is 6.38. The predicted octanol–water partition coefficient (Wildman–Crippen LogP) is -0.264. The Kier molecular flexibility index (Phi) is 4.37. The quantitative estimate of drug-likeness (QED) is 0.535. The first-order chi connectivity index (χ1) is 14.3. The molecule has 2 aliphatic heterocycles. The minimum Gasteiger partial charge on any atom is -0.394 e. The van der Waals surface area contributed by atoms with Gasteiger partial charge in [0, 0.05) is 6.54 Å². The topological polar surface area (TPSA) is 128 Å². The largest absolute Gasteiger partial charge is 0.394 e. The van der Waals surface area contributed by atoms with Crippen molar-refractivity contribution in [3.8, 4) is 0 Å². The van der Waals surface area contributed by atoms with E-state index in [1.54, 1.807) is 10.8 Å². The number of para-hydroxylation sites is 1. The summed E-state index contributed by atoms with van der Waals surface area (Å²) >= 11 is 0. The number of hydrogen-bond acceptors (Lipinski definition) is 7. The molecule has 0 radical (unpaired) electrons. The highest BCUT2D eigenvalue weighted by Gasteiger charge is 2.44. The zero-order chi connectivity index (χ0) is 21.2. The van der Waals surface area contributed by atoms with Crippen molar-refractivity contribution in [2.24, 2.45) is 0 Å². The number of aliphatic hydroxyl groups excluding tert-OH is 3. The number of aryl methyl sites for hydroxylation is 1. The van der Waals surface area contributed by atoms with Gasteiger partial charge in [-0.15, -0.1) is 5.10 Å². The molecule has 1 fully saturated rings. The third kappa shape index (κ3) is 2.75. The standard InChI is InChI=1S/C20H25N5O5/c1-20(2)6-7-23-15-12(20)4-3-5-13(15)24(19(23)29)8-11-9-25(22-21-11)18-17(28)16(27)14(10-26)30-18/h3-5,9,14,16-18,26-28H,6-8,10H2,1-2H3/t14-,16-,17-,18-/m1/s1. The highest BCUT2D eigenvalue weighted by Crippen LogP contribution is 2.37. The number of imidazole rings is 1. The summed E-state index contributed by atoms with van der Waals surface area (Å²) in [6.07, 6.45) is -1.81. The molecule has 0 saturated carbocycles. The van der Waals surface area contributed by atoms with Gasteiger partial charge in [0.25, 0.3) is 0 Å². The van der Waals surface area contributed by atoms with Crippen LogP contribution in [-0.4, -0.2) is 64.4 Å². The summed E-state index contributed by atoms with van der Waals surface area (Å²) in [6, 6.07) is 6.00. The van der Waals surface area contributed by atoms with Crippen molar-refractivity contribution in [1.82, 2.24) is 24.1 Å². The van der Waals surface area contributed by atoms with Crippen LogP contribution in [-0.2, 0) is 23.2 Å². The summed E-state index contributed by atoms with van der Waals surface area (Å²) in [5.41, 5.74) is 3.43. The van der Waals surface area contributed by atoms with E-state index in [0.29, 0.717) is 12.2 Å². The second-order valence-corrected chi connectivity index (χ2v) is 8.75. The maximum Gasteiger partial charge on any atom is 0.329 e. The molecular formula is C20H25N5O5. The molecule has 1 aromatic carbocycles. The molecule has 0 unspecified atom stereocenters. The van der Waals surface area contributed by atoms with E-state index in [4.69, 9.17) is 4.74 Å². The van der Waals surface area contributed by atoms with Gasteiger partial charge in [-0.2, -0.15) is 0 Å². The van der Waals surface area contributed by atoms with E-state index in [1.807, 2.05) is 16.7 Å². The molecule has 0 amide bonds. The summed E-state index contributed by atoms with van der Waals surface area (Å²) in [4.78, 5) is 13.1. The fraction of sp³-hybridized carbons (Fsp3) is 0.550. The van der Waals surface area contributed by atoms with Gasteiger partial charge in [0.05, 0.1) is 30.4 Å². The van der Waals surface area contributed by atoms with Gasteiger partial charge in [0.15, 0.2) is 6.23 Å². The zero-order valence-electron chi connectivity index (χ0n) is 16.8. The van der Waals surface area contributed by atoms with Crippen LogP contribution in [0.25, 0.3) is 11.0 Å². The molecule has 3 N–H and O–H groups in total. The monoisotopic (exact) mass is 415 g/mol. The molecule has 0 aliphatic carbocycles.